The van der Waals surface area contributed by atoms with Crippen molar-refractivity contribution in [1.82, 2.24) is 16.0 Å². The number of amides is 3. The van der Waals surface area contributed by atoms with Gasteiger partial charge in [-0.05, 0) is 18.4 Å². The van der Waals surface area contributed by atoms with Crippen LogP contribution in [0.15, 0.2) is 30.3 Å². The Kier molecular flexibility index (Phi) is 9.64. The molecule has 0 bridgehead atoms. The van der Waals surface area contributed by atoms with E-state index in [1.165, 1.54) is 21.1 Å². The molecule has 1 rings (SSSR count). The van der Waals surface area contributed by atoms with Crippen LogP contribution < -0.4 is 16.0 Å². The zero-order valence-corrected chi connectivity index (χ0v) is 17.4. The molecule has 1 aromatic rings. The van der Waals surface area contributed by atoms with Gasteiger partial charge in [0, 0.05) is 6.42 Å². The number of methoxy groups -OCH3 is 2. The minimum absolute atomic E-state index is 0.202. The monoisotopic (exact) mass is 407 g/mol. The quantitative estimate of drug-likeness (QED) is 0.520. The molecule has 0 spiro atoms. The minimum atomic E-state index is -0.955. The van der Waals surface area contributed by atoms with Crippen molar-refractivity contribution in [3.8, 4) is 0 Å². The maximum atomic E-state index is 12.5. The molecule has 9 nitrogen and oxygen atoms in total. The van der Waals surface area contributed by atoms with Crippen molar-refractivity contribution in [1.29, 1.82) is 0 Å². The van der Waals surface area contributed by atoms with Gasteiger partial charge in [0.05, 0.1) is 14.2 Å². The topological polar surface area (TPSA) is 123 Å². The third-order valence-electron chi connectivity index (χ3n) is 4.23. The lowest BCUT2D eigenvalue weighted by Gasteiger charge is -2.23. The van der Waals surface area contributed by atoms with Gasteiger partial charge in [0.2, 0.25) is 5.91 Å². The molecule has 0 aromatic heterocycles. The molecule has 3 amide bonds. The lowest BCUT2D eigenvalue weighted by Crippen LogP contribution is -2.55. The molecule has 9 heteroatoms. The smallest absolute Gasteiger partial charge is 0.328 e. The van der Waals surface area contributed by atoms with Crippen LogP contribution in [0.4, 0.5) is 4.79 Å². The Balaban J connectivity index is 2.70. The molecule has 0 fully saturated rings. The summed E-state index contributed by atoms with van der Waals surface area (Å²) in [5.74, 6) is -1.94. The first-order valence-electron chi connectivity index (χ1n) is 9.26. The van der Waals surface area contributed by atoms with Gasteiger partial charge in [-0.2, -0.15) is 0 Å². The Bertz CT molecular complexity index is 707. The first kappa shape index (κ1) is 23.9. The SMILES string of the molecule is COC(=O)[C@H](Cc1ccccc1)NC(=O)[C@H](C)NC(=O)N[C@@H](C(=O)OC)C(C)C. The summed E-state index contributed by atoms with van der Waals surface area (Å²) in [5, 5.41) is 7.52. The first-order valence-corrected chi connectivity index (χ1v) is 9.26. The van der Waals surface area contributed by atoms with Crippen LogP contribution in [-0.2, 0) is 30.3 Å². The number of carbonyl (C=O) groups is 4. The Labute approximate surface area is 170 Å². The molecule has 0 aliphatic rings. The number of nitrogens with one attached hydrogen (secondary N) is 3. The number of carbonyl (C=O) groups excluding carboxylic acids is 4. The third-order valence-corrected chi connectivity index (χ3v) is 4.23. The summed E-state index contributed by atoms with van der Waals surface area (Å²) >= 11 is 0. The van der Waals surface area contributed by atoms with E-state index in [0.29, 0.717) is 0 Å². The zero-order chi connectivity index (χ0) is 22.0. The van der Waals surface area contributed by atoms with Gasteiger partial charge in [-0.3, -0.25) is 4.79 Å². The molecule has 3 atom stereocenters. The Hall–Kier alpha value is -3.10. The molecule has 0 aliphatic carbocycles. The zero-order valence-electron chi connectivity index (χ0n) is 17.4. The molecule has 0 saturated carbocycles. The highest BCUT2D eigenvalue weighted by molar-refractivity contribution is 5.91. The molecule has 29 heavy (non-hydrogen) atoms. The van der Waals surface area contributed by atoms with Crippen LogP contribution in [0.1, 0.15) is 26.3 Å². The predicted octanol–water partition coefficient (Wildman–Crippen LogP) is 0.772. The molecule has 0 unspecified atom stereocenters. The number of benzene rings is 1. The summed E-state index contributed by atoms with van der Waals surface area (Å²) in [6, 6.07) is 5.75. The van der Waals surface area contributed by atoms with E-state index in [9.17, 15) is 19.2 Å². The van der Waals surface area contributed by atoms with Gasteiger partial charge in [0.15, 0.2) is 0 Å². The third kappa shape index (κ3) is 7.81. The highest BCUT2D eigenvalue weighted by atomic mass is 16.5. The maximum absolute atomic E-state index is 12.5. The van der Waals surface area contributed by atoms with Gasteiger partial charge < -0.3 is 25.4 Å². The van der Waals surface area contributed by atoms with E-state index in [0.717, 1.165) is 5.56 Å². The Morgan fingerprint density at radius 1 is 0.862 bits per heavy atom. The number of ether oxygens (including phenoxy) is 2. The van der Waals surface area contributed by atoms with E-state index in [1.807, 2.05) is 30.3 Å². The second-order valence-electron chi connectivity index (χ2n) is 6.86. The van der Waals surface area contributed by atoms with E-state index < -0.39 is 42.0 Å². The highest BCUT2D eigenvalue weighted by Crippen LogP contribution is 2.06. The van der Waals surface area contributed by atoms with Crippen LogP contribution in [-0.4, -0.2) is 56.2 Å². The van der Waals surface area contributed by atoms with Crippen LogP contribution >= 0.6 is 0 Å². The summed E-state index contributed by atoms with van der Waals surface area (Å²) in [7, 11) is 2.47. The fourth-order valence-corrected chi connectivity index (χ4v) is 2.55. The molecule has 0 aliphatic heterocycles. The van der Waals surface area contributed by atoms with Crippen molar-refractivity contribution in [2.75, 3.05) is 14.2 Å². The fourth-order valence-electron chi connectivity index (χ4n) is 2.55. The van der Waals surface area contributed by atoms with Crippen molar-refractivity contribution >= 4 is 23.9 Å². The van der Waals surface area contributed by atoms with Crippen molar-refractivity contribution < 1.29 is 28.7 Å². The molecule has 3 N–H and O–H groups in total. The molecule has 0 saturated heterocycles. The van der Waals surface area contributed by atoms with Crippen molar-refractivity contribution in [2.45, 2.75) is 45.3 Å². The minimum Gasteiger partial charge on any atom is -0.467 e. The molecular formula is C20H29N3O6. The van der Waals surface area contributed by atoms with Crippen LogP contribution in [0.3, 0.4) is 0 Å². The maximum Gasteiger partial charge on any atom is 0.328 e. The largest absolute Gasteiger partial charge is 0.467 e. The molecule has 0 heterocycles. The number of rotatable bonds is 9. The van der Waals surface area contributed by atoms with E-state index in [2.05, 4.69) is 20.7 Å². The average molecular weight is 407 g/mol. The van der Waals surface area contributed by atoms with Gasteiger partial charge in [-0.1, -0.05) is 44.2 Å². The van der Waals surface area contributed by atoms with Crippen LogP contribution in [0.2, 0.25) is 0 Å². The summed E-state index contributed by atoms with van der Waals surface area (Å²) < 4.78 is 9.42. The van der Waals surface area contributed by atoms with E-state index in [4.69, 9.17) is 4.74 Å². The van der Waals surface area contributed by atoms with Crippen molar-refractivity contribution in [3.63, 3.8) is 0 Å². The summed E-state index contributed by atoms with van der Waals surface area (Å²) in [6.07, 6.45) is 0.246. The van der Waals surface area contributed by atoms with Gasteiger partial charge in [-0.25, -0.2) is 14.4 Å². The average Bonchev–Trinajstić information content (AvgIpc) is 2.70. The van der Waals surface area contributed by atoms with Gasteiger partial charge >= 0.3 is 18.0 Å². The lowest BCUT2D eigenvalue weighted by atomic mass is 10.1. The van der Waals surface area contributed by atoms with E-state index >= 15 is 0 Å². The molecule has 160 valence electrons. The summed E-state index contributed by atoms with van der Waals surface area (Å²) in [4.78, 5) is 48.4. The highest BCUT2D eigenvalue weighted by Gasteiger charge is 2.28. The van der Waals surface area contributed by atoms with Gasteiger partial charge in [0.25, 0.3) is 0 Å². The van der Waals surface area contributed by atoms with Gasteiger partial charge in [0.1, 0.15) is 18.1 Å². The molecule has 0 radical (unpaired) electrons. The fraction of sp³-hybridized carbons (Fsp3) is 0.500. The van der Waals surface area contributed by atoms with Crippen molar-refractivity contribution in [2.24, 2.45) is 5.92 Å². The van der Waals surface area contributed by atoms with Crippen LogP contribution in [0.25, 0.3) is 0 Å². The first-order chi connectivity index (χ1) is 13.7. The Morgan fingerprint density at radius 2 is 1.45 bits per heavy atom. The summed E-state index contributed by atoms with van der Waals surface area (Å²) in [5.41, 5.74) is 0.847. The molecular weight excluding hydrogens is 378 g/mol. The van der Waals surface area contributed by atoms with Gasteiger partial charge in [-0.15, -0.1) is 0 Å². The Morgan fingerprint density at radius 3 is 1.97 bits per heavy atom. The summed E-state index contributed by atoms with van der Waals surface area (Å²) in [6.45, 7) is 4.97. The van der Waals surface area contributed by atoms with E-state index in [-0.39, 0.29) is 12.3 Å². The number of esters is 2. The standard InChI is InChI=1S/C20H29N3O6/c1-12(2)16(19(26)29-5)23-20(27)21-13(3)17(24)22-15(18(25)28-4)11-14-9-7-6-8-10-14/h6-10,12-13,15-16H,11H2,1-5H3,(H,22,24)(H2,21,23,27)/t13-,15-,16+/m0/s1. The second kappa shape index (κ2) is 11.7. The van der Waals surface area contributed by atoms with Crippen LogP contribution in [0.5, 0.6) is 0 Å². The second-order valence-corrected chi connectivity index (χ2v) is 6.86. The number of hydrogen-bond acceptors (Lipinski definition) is 6. The van der Waals surface area contributed by atoms with Crippen molar-refractivity contribution in [3.05, 3.63) is 35.9 Å². The van der Waals surface area contributed by atoms with Crippen LogP contribution in [0, 0.1) is 5.92 Å². The number of urea groups is 1. The van der Waals surface area contributed by atoms with E-state index in [1.54, 1.807) is 13.8 Å². The lowest BCUT2D eigenvalue weighted by molar-refractivity contribution is -0.145. The predicted molar refractivity (Wildman–Crippen MR) is 106 cm³/mol. The normalized spacial score (nSPS) is 13.6. The molecule has 1 aromatic carbocycles. The number of hydrogen-bond donors (Lipinski definition) is 3.